The molecule has 2 amide bonds. The maximum absolute atomic E-state index is 13.6. The fourth-order valence-corrected chi connectivity index (χ4v) is 4.67. The summed E-state index contributed by atoms with van der Waals surface area (Å²) in [5.74, 6) is 0.592. The van der Waals surface area contributed by atoms with E-state index < -0.39 is 5.91 Å². The van der Waals surface area contributed by atoms with Crippen LogP contribution in [0.3, 0.4) is 0 Å². The first-order chi connectivity index (χ1) is 17.0. The van der Waals surface area contributed by atoms with Gasteiger partial charge in [-0.1, -0.05) is 43.3 Å². The molecule has 178 valence electrons. The predicted octanol–water partition coefficient (Wildman–Crippen LogP) is 5.33. The Balaban J connectivity index is 1.46. The van der Waals surface area contributed by atoms with Crippen molar-refractivity contribution in [2.45, 2.75) is 19.8 Å². The van der Waals surface area contributed by atoms with Crippen LogP contribution in [0.1, 0.15) is 25.3 Å². The fraction of sp³-hybridized carbons (Fsp3) is 0.241. The van der Waals surface area contributed by atoms with E-state index in [-0.39, 0.29) is 11.6 Å². The second-order valence-electron chi connectivity index (χ2n) is 9.10. The van der Waals surface area contributed by atoms with Gasteiger partial charge in [0.2, 0.25) is 0 Å². The van der Waals surface area contributed by atoms with E-state index in [2.05, 4.69) is 29.3 Å². The number of amides is 2. The SMILES string of the molecule is COc1cccc(N2C(=O)C(Nc3ccc(N4CCC(C)CC4)cc3)=C(c3ccccc3)C2=O)c1. The number of piperidine rings is 1. The molecule has 2 heterocycles. The second kappa shape index (κ2) is 9.66. The van der Waals surface area contributed by atoms with Crippen molar-refractivity contribution in [2.24, 2.45) is 5.92 Å². The molecule has 6 nitrogen and oxygen atoms in total. The minimum atomic E-state index is -0.392. The highest BCUT2D eigenvalue weighted by Crippen LogP contribution is 2.35. The zero-order chi connectivity index (χ0) is 24.4. The third-order valence-electron chi connectivity index (χ3n) is 6.74. The summed E-state index contributed by atoms with van der Waals surface area (Å²) in [7, 11) is 1.56. The molecule has 1 saturated heterocycles. The van der Waals surface area contributed by atoms with Gasteiger partial charge in [0.25, 0.3) is 11.8 Å². The normalized spacial score (nSPS) is 16.7. The average Bonchev–Trinajstić information content (AvgIpc) is 3.14. The summed E-state index contributed by atoms with van der Waals surface area (Å²) in [5, 5.41) is 3.25. The van der Waals surface area contributed by atoms with Gasteiger partial charge in [-0.2, -0.15) is 0 Å². The Morgan fingerprint density at radius 3 is 2.23 bits per heavy atom. The Morgan fingerprint density at radius 2 is 1.54 bits per heavy atom. The van der Waals surface area contributed by atoms with Gasteiger partial charge in [-0.3, -0.25) is 9.59 Å². The summed E-state index contributed by atoms with van der Waals surface area (Å²) in [6, 6.07) is 24.3. The van der Waals surface area contributed by atoms with Crippen LogP contribution in [0.4, 0.5) is 17.1 Å². The Hall–Kier alpha value is -4.06. The van der Waals surface area contributed by atoms with Gasteiger partial charge in [-0.05, 0) is 60.7 Å². The third-order valence-corrected chi connectivity index (χ3v) is 6.74. The molecule has 0 bridgehead atoms. The zero-order valence-corrected chi connectivity index (χ0v) is 20.0. The van der Waals surface area contributed by atoms with Crippen LogP contribution in [-0.4, -0.2) is 32.0 Å². The maximum atomic E-state index is 13.6. The van der Waals surface area contributed by atoms with Crippen molar-refractivity contribution in [3.63, 3.8) is 0 Å². The lowest BCUT2D eigenvalue weighted by Crippen LogP contribution is -2.32. The van der Waals surface area contributed by atoms with Crippen LogP contribution in [0.2, 0.25) is 0 Å². The monoisotopic (exact) mass is 467 g/mol. The lowest BCUT2D eigenvalue weighted by Gasteiger charge is -2.32. The molecule has 5 rings (SSSR count). The molecule has 2 aliphatic heterocycles. The predicted molar refractivity (Wildman–Crippen MR) is 140 cm³/mol. The van der Waals surface area contributed by atoms with E-state index in [0.717, 1.165) is 24.7 Å². The van der Waals surface area contributed by atoms with Crippen molar-refractivity contribution >= 4 is 34.4 Å². The van der Waals surface area contributed by atoms with E-state index in [1.165, 1.54) is 23.4 Å². The first-order valence-corrected chi connectivity index (χ1v) is 12.0. The summed E-state index contributed by atoms with van der Waals surface area (Å²) in [4.78, 5) is 30.7. The van der Waals surface area contributed by atoms with Gasteiger partial charge in [0, 0.05) is 30.5 Å². The molecule has 0 saturated carbocycles. The van der Waals surface area contributed by atoms with Crippen LogP contribution in [0.5, 0.6) is 5.75 Å². The number of ether oxygens (including phenoxy) is 1. The lowest BCUT2D eigenvalue weighted by atomic mass is 9.99. The smallest absolute Gasteiger partial charge is 0.282 e. The van der Waals surface area contributed by atoms with E-state index in [0.29, 0.717) is 22.6 Å². The molecule has 0 unspecified atom stereocenters. The lowest BCUT2D eigenvalue weighted by molar-refractivity contribution is -0.120. The van der Waals surface area contributed by atoms with E-state index in [1.54, 1.807) is 31.4 Å². The van der Waals surface area contributed by atoms with Crippen molar-refractivity contribution in [3.05, 3.63) is 90.1 Å². The summed E-state index contributed by atoms with van der Waals surface area (Å²) in [6.45, 7) is 4.41. The van der Waals surface area contributed by atoms with Gasteiger partial charge in [-0.25, -0.2) is 4.90 Å². The molecule has 35 heavy (non-hydrogen) atoms. The Morgan fingerprint density at radius 1 is 0.829 bits per heavy atom. The average molecular weight is 468 g/mol. The Bertz CT molecular complexity index is 1260. The first-order valence-electron chi connectivity index (χ1n) is 12.0. The van der Waals surface area contributed by atoms with Crippen molar-refractivity contribution in [3.8, 4) is 5.75 Å². The van der Waals surface area contributed by atoms with E-state index in [9.17, 15) is 9.59 Å². The van der Waals surface area contributed by atoms with Gasteiger partial charge in [0.1, 0.15) is 11.4 Å². The molecule has 1 fully saturated rings. The number of nitrogens with one attached hydrogen (secondary N) is 1. The maximum Gasteiger partial charge on any atom is 0.282 e. The summed E-state index contributed by atoms with van der Waals surface area (Å²) < 4.78 is 5.30. The molecule has 0 aromatic heterocycles. The number of nitrogens with zero attached hydrogens (tertiary/aromatic N) is 2. The fourth-order valence-electron chi connectivity index (χ4n) is 4.67. The number of hydrogen-bond acceptors (Lipinski definition) is 5. The number of carbonyl (C=O) groups excluding carboxylic acids is 2. The largest absolute Gasteiger partial charge is 0.497 e. The zero-order valence-electron chi connectivity index (χ0n) is 20.0. The number of methoxy groups -OCH3 is 1. The number of benzene rings is 3. The highest BCUT2D eigenvalue weighted by Gasteiger charge is 2.40. The molecule has 6 heteroatoms. The van der Waals surface area contributed by atoms with Gasteiger partial charge >= 0.3 is 0 Å². The molecular weight excluding hydrogens is 438 g/mol. The molecule has 0 spiro atoms. The molecular formula is C29H29N3O3. The van der Waals surface area contributed by atoms with E-state index in [1.807, 2.05) is 42.5 Å². The van der Waals surface area contributed by atoms with Crippen LogP contribution in [0.15, 0.2) is 84.6 Å². The number of rotatable bonds is 6. The number of imide groups is 1. The third kappa shape index (κ3) is 4.52. The Labute approximate surface area is 205 Å². The van der Waals surface area contributed by atoms with Crippen LogP contribution in [-0.2, 0) is 9.59 Å². The van der Waals surface area contributed by atoms with E-state index >= 15 is 0 Å². The molecule has 1 N–H and O–H groups in total. The minimum absolute atomic E-state index is 0.267. The van der Waals surface area contributed by atoms with E-state index in [4.69, 9.17) is 4.74 Å². The molecule has 2 aliphatic rings. The summed E-state index contributed by atoms with van der Waals surface area (Å²) in [5.41, 5.74) is 3.72. The molecule has 0 aliphatic carbocycles. The standard InChI is InChI=1S/C29H29N3O3/c1-20-15-17-31(18-16-20)23-13-11-22(12-14-23)30-27-26(21-7-4-3-5-8-21)28(33)32(29(27)34)24-9-6-10-25(19-24)35-2/h3-14,19-20,30H,15-18H2,1-2H3. The van der Waals surface area contributed by atoms with Gasteiger partial charge in [0.05, 0.1) is 18.4 Å². The molecule has 0 atom stereocenters. The number of hydrogen-bond donors (Lipinski definition) is 1. The van der Waals surface area contributed by atoms with Crippen LogP contribution in [0, 0.1) is 5.92 Å². The molecule has 0 radical (unpaired) electrons. The van der Waals surface area contributed by atoms with Crippen LogP contribution < -0.4 is 19.9 Å². The highest BCUT2D eigenvalue weighted by atomic mass is 16.5. The van der Waals surface area contributed by atoms with Gasteiger partial charge in [0.15, 0.2) is 0 Å². The quantitative estimate of drug-likeness (QED) is 0.497. The first kappa shape index (κ1) is 22.7. The van der Waals surface area contributed by atoms with Crippen LogP contribution >= 0.6 is 0 Å². The van der Waals surface area contributed by atoms with Crippen LogP contribution in [0.25, 0.3) is 5.57 Å². The van der Waals surface area contributed by atoms with Gasteiger partial charge < -0.3 is 15.0 Å². The van der Waals surface area contributed by atoms with Crippen molar-refractivity contribution in [2.75, 3.05) is 35.3 Å². The summed E-state index contributed by atoms with van der Waals surface area (Å²) in [6.07, 6.45) is 2.40. The highest BCUT2D eigenvalue weighted by molar-refractivity contribution is 6.46. The Kier molecular flexibility index (Phi) is 6.27. The molecule has 3 aromatic carbocycles. The molecule has 3 aromatic rings. The van der Waals surface area contributed by atoms with Crippen molar-refractivity contribution in [1.29, 1.82) is 0 Å². The van der Waals surface area contributed by atoms with Gasteiger partial charge in [-0.15, -0.1) is 0 Å². The number of carbonyl (C=O) groups is 2. The van der Waals surface area contributed by atoms with Crippen molar-refractivity contribution in [1.82, 2.24) is 0 Å². The topological polar surface area (TPSA) is 61.9 Å². The minimum Gasteiger partial charge on any atom is -0.497 e. The van der Waals surface area contributed by atoms with Crippen molar-refractivity contribution < 1.29 is 14.3 Å². The second-order valence-corrected chi connectivity index (χ2v) is 9.10. The number of anilines is 3. The summed E-state index contributed by atoms with van der Waals surface area (Å²) >= 11 is 0.